The van der Waals surface area contributed by atoms with Gasteiger partial charge in [-0.05, 0) is 31.4 Å². The highest BCUT2D eigenvalue weighted by molar-refractivity contribution is 6.30. The second-order valence-electron chi connectivity index (χ2n) is 6.79. The van der Waals surface area contributed by atoms with E-state index in [1.165, 1.54) is 12.5 Å². The fraction of sp³-hybridized carbons (Fsp3) is 0.526. The minimum Gasteiger partial charge on any atom is -0.367 e. The molecule has 1 unspecified atom stereocenters. The summed E-state index contributed by atoms with van der Waals surface area (Å²) in [6.45, 7) is 1.93. The summed E-state index contributed by atoms with van der Waals surface area (Å²) in [4.78, 5) is 12.7. The van der Waals surface area contributed by atoms with E-state index in [1.807, 2.05) is 0 Å². The van der Waals surface area contributed by atoms with Crippen molar-refractivity contribution >= 4 is 23.4 Å². The Hall–Kier alpha value is -2.02. The summed E-state index contributed by atoms with van der Waals surface area (Å²) in [5, 5.41) is 6.33. The number of nitrogens with one attached hydrogen (secondary N) is 2. The van der Waals surface area contributed by atoms with Crippen molar-refractivity contribution in [1.82, 2.24) is 15.0 Å². The number of pyridine rings is 1. The summed E-state index contributed by atoms with van der Waals surface area (Å²) in [6.07, 6.45) is 6.71. The summed E-state index contributed by atoms with van der Waals surface area (Å²) >= 11 is 5.74. The average molecular weight is 396 g/mol. The van der Waals surface area contributed by atoms with Crippen LogP contribution in [0.25, 0.3) is 11.3 Å². The Morgan fingerprint density at radius 3 is 2.70 bits per heavy atom. The van der Waals surface area contributed by atoms with Crippen LogP contribution in [0.3, 0.4) is 0 Å². The third-order valence-electron chi connectivity index (χ3n) is 4.74. The molecule has 2 aromatic rings. The zero-order valence-corrected chi connectivity index (χ0v) is 16.1. The number of hydrogen-bond donors (Lipinski definition) is 2. The normalized spacial score (nSPS) is 16.1. The first-order valence-electron chi connectivity index (χ1n) is 9.40. The van der Waals surface area contributed by atoms with Crippen LogP contribution < -0.4 is 10.6 Å². The predicted molar refractivity (Wildman–Crippen MR) is 104 cm³/mol. The van der Waals surface area contributed by atoms with E-state index < -0.39 is 12.1 Å². The number of hydrogen-bond acceptors (Lipinski definition) is 5. The monoisotopic (exact) mass is 395 g/mol. The number of halogens is 3. The molecule has 0 saturated heterocycles. The van der Waals surface area contributed by atoms with Crippen LogP contribution in [0.5, 0.6) is 0 Å². The maximum atomic E-state index is 13.8. The van der Waals surface area contributed by atoms with E-state index in [0.29, 0.717) is 35.5 Å². The summed E-state index contributed by atoms with van der Waals surface area (Å²) in [5.41, 5.74) is 0.993. The molecule has 1 atom stereocenters. The molecule has 0 amide bonds. The molecule has 0 aliphatic heterocycles. The van der Waals surface area contributed by atoms with Gasteiger partial charge in [-0.1, -0.05) is 37.8 Å². The van der Waals surface area contributed by atoms with Crippen molar-refractivity contribution in [2.45, 2.75) is 57.7 Å². The van der Waals surface area contributed by atoms with Crippen molar-refractivity contribution in [3.05, 3.63) is 29.3 Å². The van der Waals surface area contributed by atoms with Crippen LogP contribution in [0.1, 0.15) is 45.4 Å². The lowest BCUT2D eigenvalue weighted by Gasteiger charge is -2.24. The van der Waals surface area contributed by atoms with Gasteiger partial charge in [-0.15, -0.1) is 0 Å². The van der Waals surface area contributed by atoms with Crippen LogP contribution in [0.4, 0.5) is 20.5 Å². The van der Waals surface area contributed by atoms with Crippen molar-refractivity contribution in [3.8, 4) is 11.3 Å². The molecule has 3 rings (SSSR count). The van der Waals surface area contributed by atoms with E-state index >= 15 is 0 Å². The van der Waals surface area contributed by atoms with Gasteiger partial charge in [0.2, 0.25) is 11.9 Å². The molecule has 1 saturated carbocycles. The van der Waals surface area contributed by atoms with Gasteiger partial charge >= 0.3 is 0 Å². The van der Waals surface area contributed by atoms with E-state index in [0.717, 1.165) is 25.7 Å². The number of aromatic nitrogens is 3. The molecule has 27 heavy (non-hydrogen) atoms. The van der Waals surface area contributed by atoms with Gasteiger partial charge in [-0.25, -0.2) is 14.4 Å². The minimum absolute atomic E-state index is 0.0340. The molecule has 1 aliphatic rings. The lowest BCUT2D eigenvalue weighted by atomic mass is 9.95. The standard InChI is InChI=1S/C19H24ClF2N5/c1-2-12(21)10-23-19-24-11-14(16-9-8-15(20)17(22)26-16)18(27-19)25-13-6-4-3-5-7-13/h8-9,11-13H,2-7,10H2,1H3,(H2,23,24,25,27). The molecule has 2 heterocycles. The first kappa shape index (κ1) is 19.7. The maximum Gasteiger partial charge on any atom is 0.232 e. The number of rotatable bonds is 7. The Morgan fingerprint density at radius 2 is 2.00 bits per heavy atom. The topological polar surface area (TPSA) is 62.7 Å². The first-order chi connectivity index (χ1) is 13.1. The molecule has 5 nitrogen and oxygen atoms in total. The highest BCUT2D eigenvalue weighted by atomic mass is 35.5. The van der Waals surface area contributed by atoms with Crippen LogP contribution in [0.2, 0.25) is 5.02 Å². The van der Waals surface area contributed by atoms with Crippen molar-refractivity contribution in [3.63, 3.8) is 0 Å². The predicted octanol–water partition coefficient (Wildman–Crippen LogP) is 5.24. The summed E-state index contributed by atoms with van der Waals surface area (Å²) in [6, 6.07) is 3.39. The van der Waals surface area contributed by atoms with E-state index in [9.17, 15) is 8.78 Å². The average Bonchev–Trinajstić information content (AvgIpc) is 2.69. The molecule has 1 fully saturated rings. The Labute approximate surface area is 163 Å². The Kier molecular flexibility index (Phi) is 6.77. The lowest BCUT2D eigenvalue weighted by Crippen LogP contribution is -2.24. The van der Waals surface area contributed by atoms with Crippen molar-refractivity contribution in [2.75, 3.05) is 17.2 Å². The molecule has 0 aromatic carbocycles. The maximum absolute atomic E-state index is 13.8. The van der Waals surface area contributed by atoms with Gasteiger partial charge in [-0.2, -0.15) is 9.37 Å². The van der Waals surface area contributed by atoms with Gasteiger partial charge < -0.3 is 10.6 Å². The molecule has 0 radical (unpaired) electrons. The Balaban J connectivity index is 1.88. The smallest absolute Gasteiger partial charge is 0.232 e. The van der Waals surface area contributed by atoms with E-state index in [1.54, 1.807) is 19.2 Å². The minimum atomic E-state index is -0.963. The molecular formula is C19H24ClF2N5. The number of anilines is 2. The van der Waals surface area contributed by atoms with Crippen LogP contribution in [0, 0.1) is 5.95 Å². The first-order valence-corrected chi connectivity index (χ1v) is 9.78. The van der Waals surface area contributed by atoms with Gasteiger partial charge in [0.05, 0.1) is 16.3 Å². The van der Waals surface area contributed by atoms with Crippen LogP contribution in [-0.2, 0) is 0 Å². The SMILES string of the molecule is CCC(F)CNc1ncc(-c2ccc(Cl)c(F)n2)c(NC2CCCCC2)n1. The quantitative estimate of drug-likeness (QED) is 0.628. The van der Waals surface area contributed by atoms with Crippen molar-refractivity contribution in [1.29, 1.82) is 0 Å². The molecular weight excluding hydrogens is 372 g/mol. The molecule has 0 bridgehead atoms. The number of nitrogens with zero attached hydrogens (tertiary/aromatic N) is 3. The van der Waals surface area contributed by atoms with Crippen LogP contribution in [0.15, 0.2) is 18.3 Å². The highest BCUT2D eigenvalue weighted by Crippen LogP contribution is 2.29. The van der Waals surface area contributed by atoms with Crippen molar-refractivity contribution in [2.24, 2.45) is 0 Å². The van der Waals surface area contributed by atoms with Gasteiger partial charge in [0.25, 0.3) is 0 Å². The van der Waals surface area contributed by atoms with Crippen molar-refractivity contribution < 1.29 is 8.78 Å². The molecule has 0 spiro atoms. The van der Waals surface area contributed by atoms with Gasteiger partial charge in [0, 0.05) is 18.8 Å². The summed E-state index contributed by atoms with van der Waals surface area (Å²) < 4.78 is 27.3. The zero-order chi connectivity index (χ0) is 19.2. The number of alkyl halides is 1. The molecule has 8 heteroatoms. The third-order valence-corrected chi connectivity index (χ3v) is 5.02. The second kappa shape index (κ2) is 9.26. The van der Waals surface area contributed by atoms with E-state index in [-0.39, 0.29) is 11.6 Å². The van der Waals surface area contributed by atoms with Gasteiger partial charge in [0.1, 0.15) is 12.0 Å². The fourth-order valence-electron chi connectivity index (χ4n) is 3.12. The van der Waals surface area contributed by atoms with Crippen LogP contribution in [-0.4, -0.2) is 33.7 Å². The largest absolute Gasteiger partial charge is 0.367 e. The van der Waals surface area contributed by atoms with Crippen LogP contribution >= 0.6 is 11.6 Å². The van der Waals surface area contributed by atoms with E-state index in [4.69, 9.17) is 11.6 Å². The molecule has 1 aliphatic carbocycles. The van der Waals surface area contributed by atoms with E-state index in [2.05, 4.69) is 25.6 Å². The fourth-order valence-corrected chi connectivity index (χ4v) is 3.22. The van der Waals surface area contributed by atoms with Gasteiger partial charge in [-0.3, -0.25) is 0 Å². The third kappa shape index (κ3) is 5.25. The molecule has 146 valence electrons. The van der Waals surface area contributed by atoms with Gasteiger partial charge in [0.15, 0.2) is 0 Å². The zero-order valence-electron chi connectivity index (χ0n) is 15.3. The lowest BCUT2D eigenvalue weighted by molar-refractivity contribution is 0.340. The summed E-state index contributed by atoms with van der Waals surface area (Å²) in [5.74, 6) is 0.173. The molecule has 2 aromatic heterocycles. The summed E-state index contributed by atoms with van der Waals surface area (Å²) in [7, 11) is 0. The Bertz CT molecular complexity index is 768. The Morgan fingerprint density at radius 1 is 1.22 bits per heavy atom. The highest BCUT2D eigenvalue weighted by Gasteiger charge is 2.18. The second-order valence-corrected chi connectivity index (χ2v) is 7.20. The molecule has 2 N–H and O–H groups in total.